The van der Waals surface area contributed by atoms with Crippen molar-refractivity contribution in [2.24, 2.45) is 7.05 Å². The van der Waals surface area contributed by atoms with E-state index in [0.29, 0.717) is 0 Å². The van der Waals surface area contributed by atoms with Crippen LogP contribution in [-0.2, 0) is 11.8 Å². The van der Waals surface area contributed by atoms with E-state index >= 15 is 0 Å². The molecule has 0 aromatic carbocycles. The highest BCUT2D eigenvalue weighted by atomic mass is 16.2. The third-order valence-corrected chi connectivity index (χ3v) is 4.78. The molecule has 0 radical (unpaired) electrons. The van der Waals surface area contributed by atoms with E-state index in [1.807, 2.05) is 35.0 Å². The fraction of sp³-hybridized carbons (Fsp3) is 0.571. The Kier molecular flexibility index (Phi) is 2.49. The maximum Gasteiger partial charge on any atom is 0.246 e. The van der Waals surface area contributed by atoms with Gasteiger partial charge in [0.15, 0.2) is 11.6 Å². The van der Waals surface area contributed by atoms with Crippen molar-refractivity contribution in [1.29, 1.82) is 0 Å². The summed E-state index contributed by atoms with van der Waals surface area (Å²) in [6.45, 7) is 4.77. The van der Waals surface area contributed by atoms with Crippen LogP contribution in [0.25, 0.3) is 11.4 Å². The van der Waals surface area contributed by atoms with Gasteiger partial charge in [0.2, 0.25) is 5.91 Å². The summed E-state index contributed by atoms with van der Waals surface area (Å²) in [6.07, 6.45) is 3.81. The van der Waals surface area contributed by atoms with Crippen LogP contribution in [0.3, 0.4) is 0 Å². The summed E-state index contributed by atoms with van der Waals surface area (Å²) in [5, 5.41) is 13.0. The monoisotopic (exact) mass is 286 g/mol. The number of fused-ring (bicyclic) bond motifs is 3. The van der Waals surface area contributed by atoms with Gasteiger partial charge in [0.05, 0.1) is 17.8 Å². The van der Waals surface area contributed by atoms with Crippen LogP contribution in [0.4, 0.5) is 0 Å². The van der Waals surface area contributed by atoms with Crippen molar-refractivity contribution < 1.29 is 4.79 Å². The molecule has 2 aliphatic rings. The molecular formula is C14H18N6O. The van der Waals surface area contributed by atoms with Gasteiger partial charge in [-0.25, -0.2) is 0 Å². The van der Waals surface area contributed by atoms with Crippen molar-refractivity contribution in [3.05, 3.63) is 17.7 Å². The lowest BCUT2D eigenvalue weighted by Crippen LogP contribution is -2.42. The molecule has 4 rings (SSSR count). The number of carbonyl (C=O) groups excluding carboxylic acids is 1. The summed E-state index contributed by atoms with van der Waals surface area (Å²) in [4.78, 5) is 14.5. The van der Waals surface area contributed by atoms with Gasteiger partial charge in [-0.15, -0.1) is 10.2 Å². The molecule has 2 aliphatic heterocycles. The number of hydrogen-bond acceptors (Lipinski definition) is 4. The van der Waals surface area contributed by atoms with E-state index in [1.165, 1.54) is 0 Å². The molecule has 110 valence electrons. The van der Waals surface area contributed by atoms with Gasteiger partial charge in [0, 0.05) is 19.3 Å². The highest BCUT2D eigenvalue weighted by Gasteiger charge is 2.42. The Morgan fingerprint density at radius 1 is 1.33 bits per heavy atom. The molecule has 7 nitrogen and oxygen atoms in total. The zero-order valence-electron chi connectivity index (χ0n) is 12.4. The normalized spacial score (nSPS) is 24.3. The quantitative estimate of drug-likeness (QED) is 0.790. The molecule has 0 unspecified atom stereocenters. The van der Waals surface area contributed by atoms with Crippen LogP contribution in [0.1, 0.15) is 43.4 Å². The van der Waals surface area contributed by atoms with Crippen molar-refractivity contribution >= 4 is 5.91 Å². The van der Waals surface area contributed by atoms with E-state index in [2.05, 4.69) is 15.3 Å². The second-order valence-electron chi connectivity index (χ2n) is 5.88. The number of aromatic nitrogens is 5. The molecular weight excluding hydrogens is 268 g/mol. The first kappa shape index (κ1) is 12.6. The SMILES string of the molecule is Cc1c(-c2nnc3n2[C@@H](C)C(=O)N2CCC[C@@H]32)cnn1C. The minimum absolute atomic E-state index is 0.0897. The summed E-state index contributed by atoms with van der Waals surface area (Å²) in [5.74, 6) is 1.84. The maximum absolute atomic E-state index is 12.6. The third kappa shape index (κ3) is 1.54. The highest BCUT2D eigenvalue weighted by molar-refractivity contribution is 5.83. The number of nitrogens with zero attached hydrogens (tertiary/aromatic N) is 6. The minimum Gasteiger partial charge on any atom is -0.331 e. The van der Waals surface area contributed by atoms with Crippen molar-refractivity contribution in [2.75, 3.05) is 6.54 Å². The van der Waals surface area contributed by atoms with E-state index in [4.69, 9.17) is 0 Å². The van der Waals surface area contributed by atoms with Gasteiger partial charge < -0.3 is 4.90 Å². The summed E-state index contributed by atoms with van der Waals surface area (Å²) < 4.78 is 3.81. The standard InChI is InChI=1S/C14H18N6O/c1-8-10(7-15-18(8)3)12-16-17-13-11-5-4-6-19(11)14(21)9(2)20(12)13/h7,9,11H,4-6H2,1-3H3/t9-,11-/m0/s1. The van der Waals surface area contributed by atoms with Crippen LogP contribution in [0.2, 0.25) is 0 Å². The average Bonchev–Trinajstić information content (AvgIpc) is 3.16. The second kappa shape index (κ2) is 4.16. The second-order valence-corrected chi connectivity index (χ2v) is 5.88. The predicted octanol–water partition coefficient (Wildman–Crippen LogP) is 1.23. The highest BCUT2D eigenvalue weighted by Crippen LogP contribution is 2.40. The molecule has 2 atom stereocenters. The number of amides is 1. The topological polar surface area (TPSA) is 68.8 Å². The van der Waals surface area contributed by atoms with Gasteiger partial charge in [-0.2, -0.15) is 5.10 Å². The molecule has 0 spiro atoms. The lowest BCUT2D eigenvalue weighted by atomic mass is 10.1. The summed E-state index contributed by atoms with van der Waals surface area (Å²) in [6, 6.07) is -0.161. The van der Waals surface area contributed by atoms with Crippen LogP contribution in [-0.4, -0.2) is 41.9 Å². The molecule has 2 aromatic heterocycles. The molecule has 0 N–H and O–H groups in total. The van der Waals surface area contributed by atoms with Gasteiger partial charge in [-0.3, -0.25) is 14.0 Å². The van der Waals surface area contributed by atoms with Gasteiger partial charge in [0.1, 0.15) is 6.04 Å². The molecule has 0 bridgehead atoms. The molecule has 4 heterocycles. The van der Waals surface area contributed by atoms with Gasteiger partial charge in [-0.1, -0.05) is 0 Å². The van der Waals surface area contributed by atoms with E-state index in [0.717, 1.165) is 42.3 Å². The van der Waals surface area contributed by atoms with Crippen LogP contribution >= 0.6 is 0 Å². The average molecular weight is 286 g/mol. The molecule has 1 amide bonds. The first-order chi connectivity index (χ1) is 10.1. The molecule has 2 aromatic rings. The zero-order valence-corrected chi connectivity index (χ0v) is 12.4. The summed E-state index contributed by atoms with van der Waals surface area (Å²) in [5.41, 5.74) is 1.97. The van der Waals surface area contributed by atoms with Gasteiger partial charge in [0.25, 0.3) is 0 Å². The number of aryl methyl sites for hydroxylation is 1. The molecule has 0 aliphatic carbocycles. The molecule has 0 saturated carbocycles. The van der Waals surface area contributed by atoms with Crippen LogP contribution < -0.4 is 0 Å². The number of carbonyl (C=O) groups is 1. The maximum atomic E-state index is 12.6. The molecule has 7 heteroatoms. The minimum atomic E-state index is -0.251. The van der Waals surface area contributed by atoms with E-state index < -0.39 is 0 Å². The fourth-order valence-corrected chi connectivity index (χ4v) is 3.46. The van der Waals surface area contributed by atoms with Gasteiger partial charge >= 0.3 is 0 Å². The largest absolute Gasteiger partial charge is 0.331 e. The molecule has 21 heavy (non-hydrogen) atoms. The van der Waals surface area contributed by atoms with Crippen LogP contribution in [0.15, 0.2) is 6.20 Å². The van der Waals surface area contributed by atoms with Crippen molar-refractivity contribution in [1.82, 2.24) is 29.4 Å². The fourth-order valence-electron chi connectivity index (χ4n) is 3.46. The summed E-state index contributed by atoms with van der Waals surface area (Å²) in [7, 11) is 1.90. The Labute approximate surface area is 122 Å². The molecule has 1 saturated heterocycles. The van der Waals surface area contributed by atoms with Crippen molar-refractivity contribution in [2.45, 2.75) is 38.8 Å². The zero-order chi connectivity index (χ0) is 14.7. The van der Waals surface area contributed by atoms with Crippen LogP contribution in [0, 0.1) is 6.92 Å². The molecule has 1 fully saturated rings. The number of rotatable bonds is 1. The van der Waals surface area contributed by atoms with Crippen molar-refractivity contribution in [3.63, 3.8) is 0 Å². The van der Waals surface area contributed by atoms with E-state index in [-0.39, 0.29) is 18.0 Å². The summed E-state index contributed by atoms with van der Waals surface area (Å²) >= 11 is 0. The van der Waals surface area contributed by atoms with Crippen molar-refractivity contribution in [3.8, 4) is 11.4 Å². The van der Waals surface area contributed by atoms with Crippen LogP contribution in [0.5, 0.6) is 0 Å². The van der Waals surface area contributed by atoms with E-state index in [9.17, 15) is 4.79 Å². The lowest BCUT2D eigenvalue weighted by molar-refractivity contribution is -0.137. The Balaban J connectivity index is 1.91. The first-order valence-electron chi connectivity index (χ1n) is 7.34. The smallest absolute Gasteiger partial charge is 0.246 e. The van der Waals surface area contributed by atoms with Gasteiger partial charge in [-0.05, 0) is 26.7 Å². The van der Waals surface area contributed by atoms with E-state index in [1.54, 1.807) is 6.20 Å². The third-order valence-electron chi connectivity index (χ3n) is 4.78. The Morgan fingerprint density at radius 3 is 2.86 bits per heavy atom. The lowest BCUT2D eigenvalue weighted by Gasteiger charge is -2.34. The predicted molar refractivity (Wildman–Crippen MR) is 75.4 cm³/mol. The Hall–Kier alpha value is -2.18. The Bertz CT molecular complexity index is 730. The number of hydrogen-bond donors (Lipinski definition) is 0. The first-order valence-corrected chi connectivity index (χ1v) is 7.34. The Morgan fingerprint density at radius 2 is 2.14 bits per heavy atom.